The predicted octanol–water partition coefficient (Wildman–Crippen LogP) is 3.66. The fourth-order valence-electron chi connectivity index (χ4n) is 3.27. The van der Waals surface area contributed by atoms with Crippen molar-refractivity contribution in [1.82, 2.24) is 4.90 Å². The predicted molar refractivity (Wildman–Crippen MR) is 106 cm³/mol. The number of aliphatic hydroxyl groups excluding tert-OH is 1. The lowest BCUT2D eigenvalue weighted by atomic mass is 10.0. The number of hydrogen-bond donors (Lipinski definition) is 3. The molecule has 1 unspecified atom stereocenters. The molecule has 0 aliphatic carbocycles. The molecular formula is C20H45N3O. The molecule has 0 heterocycles. The lowest BCUT2D eigenvalue weighted by molar-refractivity contribution is 0.106. The van der Waals surface area contributed by atoms with E-state index in [1.165, 1.54) is 70.6 Å². The molecule has 0 aromatic rings. The molecule has 4 nitrogen and oxygen atoms in total. The molecule has 0 spiro atoms. The molecule has 146 valence electrons. The zero-order valence-electron chi connectivity index (χ0n) is 16.4. The van der Waals surface area contributed by atoms with E-state index in [4.69, 9.17) is 11.5 Å². The second-order valence-corrected chi connectivity index (χ2v) is 7.21. The molecule has 0 aromatic heterocycles. The van der Waals surface area contributed by atoms with E-state index >= 15 is 0 Å². The van der Waals surface area contributed by atoms with Gasteiger partial charge in [-0.1, -0.05) is 84.0 Å². The van der Waals surface area contributed by atoms with Crippen molar-refractivity contribution in [2.45, 2.75) is 96.5 Å². The van der Waals surface area contributed by atoms with Crippen LogP contribution in [0.25, 0.3) is 0 Å². The van der Waals surface area contributed by atoms with Gasteiger partial charge < -0.3 is 16.6 Å². The van der Waals surface area contributed by atoms with Gasteiger partial charge in [-0.3, -0.25) is 4.90 Å². The second-order valence-electron chi connectivity index (χ2n) is 7.21. The van der Waals surface area contributed by atoms with E-state index < -0.39 is 0 Å². The van der Waals surface area contributed by atoms with Crippen molar-refractivity contribution in [1.29, 1.82) is 0 Å². The Hall–Kier alpha value is -0.160. The van der Waals surface area contributed by atoms with E-state index in [9.17, 15) is 5.11 Å². The van der Waals surface area contributed by atoms with Crippen molar-refractivity contribution in [3.63, 3.8) is 0 Å². The van der Waals surface area contributed by atoms with Crippen LogP contribution in [-0.4, -0.2) is 48.8 Å². The van der Waals surface area contributed by atoms with E-state index in [0.717, 1.165) is 25.9 Å². The number of rotatable bonds is 19. The Bertz CT molecular complexity index is 233. The number of hydrogen-bond acceptors (Lipinski definition) is 4. The molecule has 0 aromatic carbocycles. The largest absolute Gasteiger partial charge is 0.392 e. The molecule has 0 saturated carbocycles. The third kappa shape index (κ3) is 16.7. The van der Waals surface area contributed by atoms with Crippen LogP contribution in [0.3, 0.4) is 0 Å². The fraction of sp³-hybridized carbons (Fsp3) is 1.00. The minimum Gasteiger partial charge on any atom is -0.392 e. The van der Waals surface area contributed by atoms with E-state index in [-0.39, 0.29) is 6.10 Å². The summed E-state index contributed by atoms with van der Waals surface area (Å²) in [7, 11) is 0. The van der Waals surface area contributed by atoms with Gasteiger partial charge in [-0.25, -0.2) is 0 Å². The zero-order chi connectivity index (χ0) is 17.9. The molecule has 1 atom stereocenters. The first-order valence-electron chi connectivity index (χ1n) is 10.5. The van der Waals surface area contributed by atoms with Crippen LogP contribution in [0.15, 0.2) is 0 Å². The average Bonchev–Trinajstić information content (AvgIpc) is 2.56. The SMILES string of the molecule is CCCCCCCCCCCCCCC(O)CN(CCN)CCN. The van der Waals surface area contributed by atoms with Gasteiger partial charge in [0, 0.05) is 32.7 Å². The molecule has 0 aliphatic heterocycles. The van der Waals surface area contributed by atoms with Crippen molar-refractivity contribution >= 4 is 0 Å². The van der Waals surface area contributed by atoms with Gasteiger partial charge in [0.1, 0.15) is 0 Å². The molecule has 5 N–H and O–H groups in total. The summed E-state index contributed by atoms with van der Waals surface area (Å²) >= 11 is 0. The summed E-state index contributed by atoms with van der Waals surface area (Å²) in [6.07, 6.45) is 17.0. The lowest BCUT2D eigenvalue weighted by Gasteiger charge is -2.23. The third-order valence-corrected chi connectivity index (χ3v) is 4.75. The molecule has 0 rings (SSSR count). The van der Waals surface area contributed by atoms with Gasteiger partial charge in [0.2, 0.25) is 0 Å². The molecular weight excluding hydrogens is 298 g/mol. The first kappa shape index (κ1) is 23.8. The number of aliphatic hydroxyl groups is 1. The minimum absolute atomic E-state index is 0.230. The fourth-order valence-corrected chi connectivity index (χ4v) is 3.27. The summed E-state index contributed by atoms with van der Waals surface area (Å²) in [4.78, 5) is 2.17. The van der Waals surface area contributed by atoms with Crippen LogP contribution in [-0.2, 0) is 0 Å². The van der Waals surface area contributed by atoms with Gasteiger partial charge in [-0.05, 0) is 6.42 Å². The van der Waals surface area contributed by atoms with Crippen LogP contribution < -0.4 is 11.5 Å². The van der Waals surface area contributed by atoms with Crippen molar-refractivity contribution in [2.24, 2.45) is 11.5 Å². The molecule has 0 saturated heterocycles. The van der Waals surface area contributed by atoms with Gasteiger partial charge in [-0.15, -0.1) is 0 Å². The van der Waals surface area contributed by atoms with Gasteiger partial charge in [0.25, 0.3) is 0 Å². The smallest absolute Gasteiger partial charge is 0.0667 e. The van der Waals surface area contributed by atoms with Crippen molar-refractivity contribution in [3.8, 4) is 0 Å². The Morgan fingerprint density at radius 3 is 1.54 bits per heavy atom. The first-order chi connectivity index (χ1) is 11.7. The normalized spacial score (nSPS) is 12.9. The number of unbranched alkanes of at least 4 members (excludes halogenated alkanes) is 11. The Morgan fingerprint density at radius 1 is 0.708 bits per heavy atom. The lowest BCUT2D eigenvalue weighted by Crippen LogP contribution is -2.39. The second kappa shape index (κ2) is 19.2. The van der Waals surface area contributed by atoms with Crippen molar-refractivity contribution < 1.29 is 5.11 Å². The monoisotopic (exact) mass is 343 g/mol. The summed E-state index contributed by atoms with van der Waals surface area (Å²) in [5, 5.41) is 10.1. The summed E-state index contributed by atoms with van der Waals surface area (Å²) in [5.74, 6) is 0. The van der Waals surface area contributed by atoms with Crippen LogP contribution in [0, 0.1) is 0 Å². The van der Waals surface area contributed by atoms with Gasteiger partial charge in [0.05, 0.1) is 6.10 Å². The van der Waals surface area contributed by atoms with Crippen LogP contribution >= 0.6 is 0 Å². The maximum absolute atomic E-state index is 10.1. The first-order valence-corrected chi connectivity index (χ1v) is 10.5. The molecule has 4 heteroatoms. The third-order valence-electron chi connectivity index (χ3n) is 4.75. The molecule has 0 bridgehead atoms. The molecule has 0 aliphatic rings. The van der Waals surface area contributed by atoms with Crippen molar-refractivity contribution in [3.05, 3.63) is 0 Å². The van der Waals surface area contributed by atoms with E-state index in [1.807, 2.05) is 0 Å². The Balaban J connectivity index is 3.33. The minimum atomic E-state index is -0.230. The zero-order valence-corrected chi connectivity index (χ0v) is 16.4. The van der Waals surface area contributed by atoms with E-state index in [2.05, 4.69) is 11.8 Å². The quantitative estimate of drug-likeness (QED) is 0.313. The summed E-state index contributed by atoms with van der Waals surface area (Å²) < 4.78 is 0. The maximum Gasteiger partial charge on any atom is 0.0667 e. The average molecular weight is 344 g/mol. The van der Waals surface area contributed by atoms with Gasteiger partial charge in [0.15, 0.2) is 0 Å². The van der Waals surface area contributed by atoms with Crippen LogP contribution in [0.1, 0.15) is 90.4 Å². The summed E-state index contributed by atoms with van der Waals surface area (Å²) in [6, 6.07) is 0. The standard InChI is InChI=1S/C20H45N3O/c1-2-3-4-5-6-7-8-9-10-11-12-13-14-20(24)19-23(17-15-21)18-16-22/h20,24H,2-19,21-22H2,1H3. The Kier molecular flexibility index (Phi) is 19.0. The topological polar surface area (TPSA) is 75.5 Å². The van der Waals surface area contributed by atoms with Crippen molar-refractivity contribution in [2.75, 3.05) is 32.7 Å². The summed E-state index contributed by atoms with van der Waals surface area (Å²) in [5.41, 5.74) is 11.2. The molecule has 0 fully saturated rings. The van der Waals surface area contributed by atoms with Crippen LogP contribution in [0.4, 0.5) is 0 Å². The highest BCUT2D eigenvalue weighted by molar-refractivity contribution is 4.66. The van der Waals surface area contributed by atoms with Gasteiger partial charge >= 0.3 is 0 Å². The highest BCUT2D eigenvalue weighted by Gasteiger charge is 2.10. The maximum atomic E-state index is 10.1. The Labute approximate surface area is 151 Å². The van der Waals surface area contributed by atoms with Crippen LogP contribution in [0.5, 0.6) is 0 Å². The number of nitrogens with zero attached hydrogens (tertiary/aromatic N) is 1. The molecule has 0 amide bonds. The van der Waals surface area contributed by atoms with Gasteiger partial charge in [-0.2, -0.15) is 0 Å². The highest BCUT2D eigenvalue weighted by atomic mass is 16.3. The van der Waals surface area contributed by atoms with E-state index in [0.29, 0.717) is 19.6 Å². The van der Waals surface area contributed by atoms with E-state index in [1.54, 1.807) is 0 Å². The Morgan fingerprint density at radius 2 is 1.12 bits per heavy atom. The van der Waals surface area contributed by atoms with Crippen LogP contribution in [0.2, 0.25) is 0 Å². The summed E-state index contributed by atoms with van der Waals surface area (Å²) in [6.45, 7) is 5.90. The number of nitrogens with two attached hydrogens (primary N) is 2. The molecule has 24 heavy (non-hydrogen) atoms. The molecule has 0 radical (unpaired) electrons. The highest BCUT2D eigenvalue weighted by Crippen LogP contribution is 2.13.